The number of anilines is 1. The molecule has 1 unspecified atom stereocenters. The second kappa shape index (κ2) is 7.24. The number of aryl methyl sites for hydroxylation is 1. The van der Waals surface area contributed by atoms with Crippen LogP contribution in [0.2, 0.25) is 0 Å². The van der Waals surface area contributed by atoms with Gasteiger partial charge in [0.25, 0.3) is 0 Å². The maximum Gasteiger partial charge on any atom is 0.193 e. The minimum absolute atomic E-state index is 0.220. The second-order valence-electron chi connectivity index (χ2n) is 5.80. The van der Waals surface area contributed by atoms with Gasteiger partial charge in [-0.25, -0.2) is 0 Å². The van der Waals surface area contributed by atoms with Crippen LogP contribution in [0.3, 0.4) is 0 Å². The van der Waals surface area contributed by atoms with Gasteiger partial charge in [-0.2, -0.15) is 0 Å². The first-order valence-electron chi connectivity index (χ1n) is 8.00. The van der Waals surface area contributed by atoms with Gasteiger partial charge >= 0.3 is 0 Å². The first-order valence-corrected chi connectivity index (χ1v) is 8.00. The van der Waals surface area contributed by atoms with E-state index in [1.165, 1.54) is 24.0 Å². The second-order valence-corrected chi connectivity index (χ2v) is 5.80. The lowest BCUT2D eigenvalue weighted by atomic mass is 9.90. The number of aliphatic hydroxyl groups excluding tert-OH is 1. The molecule has 0 spiro atoms. The van der Waals surface area contributed by atoms with Gasteiger partial charge in [0.15, 0.2) is 5.96 Å². The summed E-state index contributed by atoms with van der Waals surface area (Å²) in [5, 5.41) is 13.3. The van der Waals surface area contributed by atoms with Gasteiger partial charge in [-0.15, -0.1) is 0 Å². The van der Waals surface area contributed by atoms with Crippen LogP contribution >= 0.6 is 0 Å². The lowest BCUT2D eigenvalue weighted by molar-refractivity contribution is 0.187. The van der Waals surface area contributed by atoms with Gasteiger partial charge in [-0.1, -0.05) is 12.1 Å². The molecule has 2 aromatic rings. The highest BCUT2D eigenvalue weighted by Crippen LogP contribution is 2.27. The van der Waals surface area contributed by atoms with Gasteiger partial charge < -0.3 is 16.2 Å². The summed E-state index contributed by atoms with van der Waals surface area (Å²) in [6.07, 6.45) is 7.29. The maximum absolute atomic E-state index is 10.1. The van der Waals surface area contributed by atoms with Gasteiger partial charge in [0, 0.05) is 18.1 Å². The minimum Gasteiger partial charge on any atom is -0.386 e. The average Bonchev–Trinajstić information content (AvgIpc) is 2.61. The average molecular weight is 310 g/mol. The summed E-state index contributed by atoms with van der Waals surface area (Å²) >= 11 is 0. The van der Waals surface area contributed by atoms with Crippen LogP contribution < -0.4 is 11.1 Å². The van der Waals surface area contributed by atoms with Crippen LogP contribution in [0, 0.1) is 0 Å². The summed E-state index contributed by atoms with van der Waals surface area (Å²) in [6, 6.07) is 9.81. The summed E-state index contributed by atoms with van der Waals surface area (Å²) in [5.74, 6) is 0.331. The number of aliphatic hydroxyl groups is 1. The van der Waals surface area contributed by atoms with E-state index in [0.717, 1.165) is 24.1 Å². The molecule has 1 heterocycles. The quantitative estimate of drug-likeness (QED) is 0.598. The van der Waals surface area contributed by atoms with E-state index in [2.05, 4.69) is 21.4 Å². The molecule has 23 heavy (non-hydrogen) atoms. The maximum atomic E-state index is 10.1. The highest BCUT2D eigenvalue weighted by molar-refractivity contribution is 5.93. The van der Waals surface area contributed by atoms with Crippen molar-refractivity contribution < 1.29 is 5.11 Å². The van der Waals surface area contributed by atoms with E-state index in [-0.39, 0.29) is 6.54 Å². The van der Waals surface area contributed by atoms with Crippen LogP contribution in [0.4, 0.5) is 5.69 Å². The first-order chi connectivity index (χ1) is 11.2. The molecule has 1 aliphatic carbocycles. The van der Waals surface area contributed by atoms with Crippen molar-refractivity contribution in [1.29, 1.82) is 0 Å². The topological polar surface area (TPSA) is 83.5 Å². The van der Waals surface area contributed by atoms with Crippen molar-refractivity contribution in [2.24, 2.45) is 10.7 Å². The first kappa shape index (κ1) is 15.5. The molecule has 0 bridgehead atoms. The normalized spacial score (nSPS) is 15.8. The Kier molecular flexibility index (Phi) is 4.88. The molecule has 0 amide bonds. The fraction of sp³-hybridized carbons (Fsp3) is 0.333. The van der Waals surface area contributed by atoms with E-state index in [4.69, 9.17) is 5.73 Å². The lowest BCUT2D eigenvalue weighted by Crippen LogP contribution is -2.25. The molecule has 0 fully saturated rings. The van der Waals surface area contributed by atoms with E-state index in [0.29, 0.717) is 5.96 Å². The molecule has 0 saturated carbocycles. The van der Waals surface area contributed by atoms with Crippen LogP contribution in [0.5, 0.6) is 0 Å². The van der Waals surface area contributed by atoms with Gasteiger partial charge in [0.05, 0.1) is 12.6 Å². The van der Waals surface area contributed by atoms with E-state index in [1.54, 1.807) is 24.5 Å². The number of pyridine rings is 1. The summed E-state index contributed by atoms with van der Waals surface area (Å²) in [4.78, 5) is 8.19. The Balaban J connectivity index is 1.66. The minimum atomic E-state index is -0.678. The molecule has 120 valence electrons. The number of rotatable bonds is 4. The van der Waals surface area contributed by atoms with Crippen molar-refractivity contribution in [2.75, 3.05) is 11.9 Å². The predicted octanol–water partition coefficient (Wildman–Crippen LogP) is 2.42. The van der Waals surface area contributed by atoms with Crippen molar-refractivity contribution >= 4 is 11.6 Å². The predicted molar refractivity (Wildman–Crippen MR) is 92.4 cm³/mol. The molecule has 3 rings (SSSR count). The smallest absolute Gasteiger partial charge is 0.193 e. The molecule has 1 aromatic heterocycles. The van der Waals surface area contributed by atoms with E-state index < -0.39 is 6.10 Å². The fourth-order valence-electron chi connectivity index (χ4n) is 2.95. The summed E-state index contributed by atoms with van der Waals surface area (Å²) < 4.78 is 0. The number of nitrogens with zero attached hydrogens (tertiary/aromatic N) is 2. The number of nitrogens with one attached hydrogen (secondary N) is 1. The number of fused-ring (bicyclic) bond motifs is 1. The molecule has 1 aromatic carbocycles. The van der Waals surface area contributed by atoms with Crippen LogP contribution in [-0.2, 0) is 12.8 Å². The lowest BCUT2D eigenvalue weighted by Gasteiger charge is -2.20. The van der Waals surface area contributed by atoms with E-state index >= 15 is 0 Å². The number of guanidine groups is 1. The van der Waals surface area contributed by atoms with Crippen molar-refractivity contribution in [3.63, 3.8) is 0 Å². The Bertz CT molecular complexity index is 685. The van der Waals surface area contributed by atoms with Crippen LogP contribution in [0.1, 0.15) is 35.6 Å². The standard InChI is InChI=1S/C18H22N4O/c19-18(21-12-17(23)14-8-10-20-11-9-14)22-16-7-3-5-13-4-1-2-6-15(13)16/h3,5,7-11,17,23H,1-2,4,6,12H2,(H3,19,21,22). The highest BCUT2D eigenvalue weighted by Gasteiger charge is 2.13. The zero-order chi connectivity index (χ0) is 16.1. The number of aromatic nitrogens is 1. The summed E-state index contributed by atoms with van der Waals surface area (Å²) in [5.41, 5.74) is 10.5. The molecule has 0 saturated heterocycles. The number of nitrogens with two attached hydrogens (primary N) is 1. The number of aliphatic imine (C=N–C) groups is 1. The Labute approximate surface area is 136 Å². The Hall–Kier alpha value is -2.40. The zero-order valence-corrected chi connectivity index (χ0v) is 13.1. The number of hydrogen-bond donors (Lipinski definition) is 3. The van der Waals surface area contributed by atoms with E-state index in [9.17, 15) is 5.11 Å². The Morgan fingerprint density at radius 2 is 2.00 bits per heavy atom. The molecular formula is C18H22N4O. The third-order valence-corrected chi connectivity index (χ3v) is 4.18. The monoisotopic (exact) mass is 310 g/mol. The molecule has 0 radical (unpaired) electrons. The van der Waals surface area contributed by atoms with Crippen molar-refractivity contribution in [2.45, 2.75) is 31.8 Å². The number of benzene rings is 1. The zero-order valence-electron chi connectivity index (χ0n) is 13.1. The Morgan fingerprint density at radius 3 is 2.83 bits per heavy atom. The summed E-state index contributed by atoms with van der Waals surface area (Å²) in [7, 11) is 0. The van der Waals surface area contributed by atoms with Gasteiger partial charge in [0.1, 0.15) is 0 Å². The molecule has 5 heteroatoms. The highest BCUT2D eigenvalue weighted by atomic mass is 16.3. The van der Waals surface area contributed by atoms with Crippen molar-refractivity contribution in [3.8, 4) is 0 Å². The molecule has 5 nitrogen and oxygen atoms in total. The third-order valence-electron chi connectivity index (χ3n) is 4.18. The molecule has 4 N–H and O–H groups in total. The number of hydrogen-bond acceptors (Lipinski definition) is 3. The fourth-order valence-corrected chi connectivity index (χ4v) is 2.95. The van der Waals surface area contributed by atoms with E-state index in [1.807, 2.05) is 12.1 Å². The van der Waals surface area contributed by atoms with Crippen LogP contribution in [-0.4, -0.2) is 22.6 Å². The Morgan fingerprint density at radius 1 is 1.22 bits per heavy atom. The van der Waals surface area contributed by atoms with Gasteiger partial charge in [-0.05, 0) is 60.6 Å². The van der Waals surface area contributed by atoms with Crippen molar-refractivity contribution in [1.82, 2.24) is 4.98 Å². The molecule has 0 aliphatic heterocycles. The van der Waals surface area contributed by atoms with Crippen LogP contribution in [0.15, 0.2) is 47.7 Å². The largest absolute Gasteiger partial charge is 0.386 e. The van der Waals surface area contributed by atoms with Gasteiger partial charge in [-0.3, -0.25) is 9.98 Å². The molecular weight excluding hydrogens is 288 g/mol. The van der Waals surface area contributed by atoms with Gasteiger partial charge in [0.2, 0.25) is 0 Å². The third kappa shape index (κ3) is 3.87. The van der Waals surface area contributed by atoms with Crippen LogP contribution in [0.25, 0.3) is 0 Å². The summed E-state index contributed by atoms with van der Waals surface area (Å²) in [6.45, 7) is 0.220. The molecule has 1 aliphatic rings. The van der Waals surface area contributed by atoms with Crippen molar-refractivity contribution in [3.05, 3.63) is 59.4 Å². The molecule has 1 atom stereocenters. The SMILES string of the molecule is NC(=NCC(O)c1ccncc1)Nc1cccc2c1CCCC2.